The van der Waals surface area contributed by atoms with E-state index in [9.17, 15) is 4.79 Å². The number of anilines is 1. The van der Waals surface area contributed by atoms with Crippen molar-refractivity contribution >= 4 is 23.4 Å². The third-order valence-electron chi connectivity index (χ3n) is 4.23. The maximum atomic E-state index is 12.6. The average Bonchev–Trinajstić information content (AvgIpc) is 3.12. The average molecular weight is 385 g/mol. The summed E-state index contributed by atoms with van der Waals surface area (Å²) in [5.74, 6) is 6.43. The van der Waals surface area contributed by atoms with Crippen molar-refractivity contribution in [3.05, 3.63) is 46.8 Å². The Morgan fingerprint density at radius 3 is 2.44 bits per heavy atom. The predicted octanol–water partition coefficient (Wildman–Crippen LogP) is 2.53. The highest BCUT2D eigenvalue weighted by Gasteiger charge is 2.21. The van der Waals surface area contributed by atoms with Gasteiger partial charge in [0.1, 0.15) is 0 Å². The summed E-state index contributed by atoms with van der Waals surface area (Å²) < 4.78 is 2.99. The lowest BCUT2D eigenvalue weighted by Gasteiger charge is -2.15. The van der Waals surface area contributed by atoms with Gasteiger partial charge in [-0.2, -0.15) is 5.10 Å². The first-order valence-corrected chi connectivity index (χ1v) is 9.43. The third kappa shape index (κ3) is 3.82. The second-order valence-corrected chi connectivity index (χ2v) is 7.82. The Bertz CT molecular complexity index is 972. The predicted molar refractivity (Wildman–Crippen MR) is 107 cm³/mol. The number of amides is 1. The largest absolute Gasteiger partial charge is 0.334 e. The number of hydrogen-bond donors (Lipinski definition) is 2. The van der Waals surface area contributed by atoms with E-state index in [0.29, 0.717) is 11.1 Å². The molecule has 0 unspecified atom stereocenters. The van der Waals surface area contributed by atoms with Gasteiger partial charge in [-0.25, -0.2) is 9.36 Å². The monoisotopic (exact) mass is 385 g/mol. The standard InChI is InChI=1S/C18H23N7OS/c1-10-7-6-8-11(2)15(10)20-16(26)14(5)27-18-22-21-17(24(18)19)25-13(4)9-12(3)23-25/h6-9,14H,19H2,1-5H3,(H,20,26)/t14-/m1/s1. The smallest absolute Gasteiger partial charge is 0.271 e. The van der Waals surface area contributed by atoms with Crippen LogP contribution in [0.2, 0.25) is 0 Å². The fourth-order valence-electron chi connectivity index (χ4n) is 2.77. The molecule has 142 valence electrons. The summed E-state index contributed by atoms with van der Waals surface area (Å²) in [7, 11) is 0. The number of aromatic nitrogens is 5. The minimum absolute atomic E-state index is 0.118. The maximum absolute atomic E-state index is 12.6. The van der Waals surface area contributed by atoms with E-state index in [2.05, 4.69) is 20.6 Å². The molecule has 3 rings (SSSR count). The summed E-state index contributed by atoms with van der Waals surface area (Å²) in [4.78, 5) is 12.6. The number of carbonyl (C=O) groups excluding carboxylic acids is 1. The number of hydrogen-bond acceptors (Lipinski definition) is 6. The van der Waals surface area contributed by atoms with Crippen LogP contribution in [0.15, 0.2) is 29.4 Å². The van der Waals surface area contributed by atoms with Crippen LogP contribution in [0.5, 0.6) is 0 Å². The second kappa shape index (κ2) is 7.43. The molecule has 3 aromatic rings. The lowest BCUT2D eigenvalue weighted by Crippen LogP contribution is -2.25. The van der Waals surface area contributed by atoms with Crippen LogP contribution in [0.1, 0.15) is 29.4 Å². The molecular weight excluding hydrogens is 362 g/mol. The Morgan fingerprint density at radius 2 is 1.85 bits per heavy atom. The first-order valence-electron chi connectivity index (χ1n) is 8.55. The maximum Gasteiger partial charge on any atom is 0.271 e. The van der Waals surface area contributed by atoms with E-state index in [-0.39, 0.29) is 5.91 Å². The van der Waals surface area contributed by atoms with Gasteiger partial charge in [-0.15, -0.1) is 10.2 Å². The van der Waals surface area contributed by atoms with Crippen LogP contribution in [-0.2, 0) is 4.79 Å². The van der Waals surface area contributed by atoms with E-state index in [1.54, 1.807) is 4.68 Å². The summed E-state index contributed by atoms with van der Waals surface area (Å²) in [5.41, 5.74) is 4.66. The van der Waals surface area contributed by atoms with Crippen molar-refractivity contribution in [1.29, 1.82) is 0 Å². The summed E-state index contributed by atoms with van der Waals surface area (Å²) in [6.07, 6.45) is 0. The first kappa shape index (κ1) is 19.0. The van der Waals surface area contributed by atoms with Crippen molar-refractivity contribution in [3.63, 3.8) is 0 Å². The summed E-state index contributed by atoms with van der Waals surface area (Å²) in [6, 6.07) is 7.84. The normalized spacial score (nSPS) is 12.2. The zero-order chi connectivity index (χ0) is 19.7. The number of rotatable bonds is 5. The number of nitrogens with one attached hydrogen (secondary N) is 1. The summed E-state index contributed by atoms with van der Waals surface area (Å²) in [6.45, 7) is 9.57. The third-order valence-corrected chi connectivity index (χ3v) is 5.28. The number of nitrogens with zero attached hydrogens (tertiary/aromatic N) is 5. The SMILES string of the molecule is Cc1cc(C)n(-c2nnc(S[C@H](C)C(=O)Nc3c(C)cccc3C)n2N)n1. The van der Waals surface area contributed by atoms with Crippen molar-refractivity contribution in [2.75, 3.05) is 11.2 Å². The Labute approximate surface area is 162 Å². The Morgan fingerprint density at radius 1 is 1.19 bits per heavy atom. The van der Waals surface area contributed by atoms with Crippen molar-refractivity contribution in [2.24, 2.45) is 0 Å². The van der Waals surface area contributed by atoms with Gasteiger partial charge in [-0.05, 0) is 51.8 Å². The molecule has 2 heterocycles. The van der Waals surface area contributed by atoms with Crippen molar-refractivity contribution in [1.82, 2.24) is 24.7 Å². The van der Waals surface area contributed by atoms with Crippen LogP contribution in [0.4, 0.5) is 5.69 Å². The lowest BCUT2D eigenvalue weighted by molar-refractivity contribution is -0.115. The molecule has 8 nitrogen and oxygen atoms in total. The molecule has 3 N–H and O–H groups in total. The molecule has 0 aliphatic heterocycles. The molecule has 0 aliphatic carbocycles. The fourth-order valence-corrected chi connectivity index (χ4v) is 3.54. The number of aryl methyl sites for hydroxylation is 4. The molecule has 1 amide bonds. The van der Waals surface area contributed by atoms with Gasteiger partial charge in [-0.3, -0.25) is 4.79 Å². The van der Waals surface area contributed by atoms with Crippen LogP contribution in [0.25, 0.3) is 5.95 Å². The number of thioether (sulfide) groups is 1. The van der Waals surface area contributed by atoms with Gasteiger partial charge >= 0.3 is 0 Å². The van der Waals surface area contributed by atoms with E-state index in [0.717, 1.165) is 28.2 Å². The molecule has 0 saturated carbocycles. The van der Waals surface area contributed by atoms with E-state index in [1.165, 1.54) is 16.4 Å². The van der Waals surface area contributed by atoms with Crippen LogP contribution in [0.3, 0.4) is 0 Å². The van der Waals surface area contributed by atoms with Gasteiger partial charge in [0.05, 0.1) is 10.9 Å². The number of para-hydroxylation sites is 1. The van der Waals surface area contributed by atoms with E-state index < -0.39 is 5.25 Å². The van der Waals surface area contributed by atoms with Crippen molar-refractivity contribution in [2.45, 2.75) is 45.0 Å². The molecular formula is C18H23N7OS. The molecule has 27 heavy (non-hydrogen) atoms. The Balaban J connectivity index is 1.75. The minimum atomic E-state index is -0.399. The number of nitrogens with two attached hydrogens (primary N) is 1. The highest BCUT2D eigenvalue weighted by Crippen LogP contribution is 2.25. The summed E-state index contributed by atoms with van der Waals surface area (Å²) in [5, 5.41) is 15.6. The molecule has 2 aromatic heterocycles. The van der Waals surface area contributed by atoms with E-state index in [4.69, 9.17) is 5.84 Å². The van der Waals surface area contributed by atoms with Crippen LogP contribution < -0.4 is 11.2 Å². The highest BCUT2D eigenvalue weighted by molar-refractivity contribution is 8.00. The number of benzene rings is 1. The van der Waals surface area contributed by atoms with Gasteiger partial charge in [0.25, 0.3) is 5.95 Å². The summed E-state index contributed by atoms with van der Waals surface area (Å²) >= 11 is 1.25. The van der Waals surface area contributed by atoms with Gasteiger partial charge in [0.15, 0.2) is 0 Å². The lowest BCUT2D eigenvalue weighted by atomic mass is 10.1. The first-order chi connectivity index (χ1) is 12.8. The van der Waals surface area contributed by atoms with Crippen molar-refractivity contribution < 1.29 is 4.79 Å². The molecule has 1 aromatic carbocycles. The Kier molecular flexibility index (Phi) is 5.22. The van der Waals surface area contributed by atoms with Gasteiger partial charge in [0, 0.05) is 11.4 Å². The molecule has 0 aliphatic rings. The molecule has 0 radical (unpaired) electrons. The Hall–Kier alpha value is -2.81. The topological polar surface area (TPSA) is 104 Å². The molecule has 0 saturated heterocycles. The van der Waals surface area contributed by atoms with Gasteiger partial charge in [-0.1, -0.05) is 30.0 Å². The van der Waals surface area contributed by atoms with E-state index in [1.807, 2.05) is 58.9 Å². The fraction of sp³-hybridized carbons (Fsp3) is 0.333. The highest BCUT2D eigenvalue weighted by atomic mass is 32.2. The molecule has 1 atom stereocenters. The molecule has 0 bridgehead atoms. The van der Waals surface area contributed by atoms with Crippen LogP contribution >= 0.6 is 11.8 Å². The quantitative estimate of drug-likeness (QED) is 0.517. The van der Waals surface area contributed by atoms with E-state index >= 15 is 0 Å². The van der Waals surface area contributed by atoms with Crippen LogP contribution in [0, 0.1) is 27.7 Å². The number of nitrogen functional groups attached to an aromatic ring is 1. The molecule has 0 fully saturated rings. The molecule has 0 spiro atoms. The number of carbonyl (C=O) groups is 1. The van der Waals surface area contributed by atoms with Crippen LogP contribution in [-0.4, -0.2) is 35.8 Å². The molecule has 9 heteroatoms. The second-order valence-electron chi connectivity index (χ2n) is 6.51. The zero-order valence-corrected chi connectivity index (χ0v) is 16.8. The zero-order valence-electron chi connectivity index (χ0n) is 16.0. The van der Waals surface area contributed by atoms with Gasteiger partial charge in [0.2, 0.25) is 11.1 Å². The minimum Gasteiger partial charge on any atom is -0.334 e. The van der Waals surface area contributed by atoms with Crippen molar-refractivity contribution in [3.8, 4) is 5.95 Å². The van der Waals surface area contributed by atoms with Gasteiger partial charge < -0.3 is 11.2 Å².